The second kappa shape index (κ2) is 7.57. The van der Waals surface area contributed by atoms with Gasteiger partial charge in [0.25, 0.3) is 0 Å². The third kappa shape index (κ3) is 3.83. The third-order valence-electron chi connectivity index (χ3n) is 3.33. The molecule has 1 nitrogen and oxygen atoms in total. The van der Waals surface area contributed by atoms with Gasteiger partial charge < -0.3 is 5.32 Å². The molecule has 112 valence electrons. The van der Waals surface area contributed by atoms with Crippen LogP contribution in [0.2, 0.25) is 0 Å². The van der Waals surface area contributed by atoms with Gasteiger partial charge >= 0.3 is 0 Å². The van der Waals surface area contributed by atoms with Crippen LogP contribution in [-0.2, 0) is 0 Å². The van der Waals surface area contributed by atoms with Crippen LogP contribution in [-0.4, -0.2) is 12.8 Å². The van der Waals surface area contributed by atoms with E-state index in [1.165, 1.54) is 12.1 Å². The topological polar surface area (TPSA) is 12.0 Å². The number of hydrogen-bond donors (Lipinski definition) is 1. The van der Waals surface area contributed by atoms with E-state index < -0.39 is 11.6 Å². The van der Waals surface area contributed by atoms with Gasteiger partial charge in [-0.3, -0.25) is 0 Å². The molecule has 0 fully saturated rings. The Balaban J connectivity index is 2.44. The van der Waals surface area contributed by atoms with E-state index in [1.54, 1.807) is 17.8 Å². The summed E-state index contributed by atoms with van der Waals surface area (Å²) in [6.45, 7) is 2.89. The van der Waals surface area contributed by atoms with Crippen molar-refractivity contribution in [2.75, 3.05) is 12.8 Å². The van der Waals surface area contributed by atoms with Crippen molar-refractivity contribution < 1.29 is 8.78 Å². The highest BCUT2D eigenvalue weighted by Crippen LogP contribution is 2.30. The average molecular weight is 307 g/mol. The van der Waals surface area contributed by atoms with E-state index >= 15 is 0 Å². The lowest BCUT2D eigenvalue weighted by molar-refractivity contribution is 0.502. The van der Waals surface area contributed by atoms with Crippen molar-refractivity contribution >= 4 is 11.8 Å². The van der Waals surface area contributed by atoms with Crippen molar-refractivity contribution in [2.45, 2.75) is 24.3 Å². The van der Waals surface area contributed by atoms with Crippen molar-refractivity contribution in [1.29, 1.82) is 0 Å². The van der Waals surface area contributed by atoms with Crippen LogP contribution in [0.15, 0.2) is 47.4 Å². The SMILES string of the molecule is CCCNC(c1ccc(F)c(F)c1)c1ccccc1SC. The average Bonchev–Trinajstić information content (AvgIpc) is 2.51. The Kier molecular flexibility index (Phi) is 5.76. The first-order valence-electron chi connectivity index (χ1n) is 6.98. The molecule has 0 radical (unpaired) electrons. The predicted molar refractivity (Wildman–Crippen MR) is 84.7 cm³/mol. The molecule has 2 aromatic carbocycles. The lowest BCUT2D eigenvalue weighted by Crippen LogP contribution is -2.24. The Morgan fingerprint density at radius 1 is 1.10 bits per heavy atom. The maximum Gasteiger partial charge on any atom is 0.159 e. The maximum absolute atomic E-state index is 13.6. The highest BCUT2D eigenvalue weighted by Gasteiger charge is 2.18. The molecule has 0 aliphatic rings. The van der Waals surface area contributed by atoms with Crippen LogP contribution < -0.4 is 5.32 Å². The standard InChI is InChI=1S/C17H19F2NS/c1-3-10-20-17(12-8-9-14(18)15(19)11-12)13-6-4-5-7-16(13)21-2/h4-9,11,17,20H,3,10H2,1-2H3. The number of thioether (sulfide) groups is 1. The normalized spacial score (nSPS) is 12.4. The van der Waals surface area contributed by atoms with Crippen LogP contribution in [0.5, 0.6) is 0 Å². The first-order chi connectivity index (χ1) is 10.2. The summed E-state index contributed by atoms with van der Waals surface area (Å²) >= 11 is 1.65. The number of hydrogen-bond acceptors (Lipinski definition) is 2. The summed E-state index contributed by atoms with van der Waals surface area (Å²) in [5, 5.41) is 3.42. The largest absolute Gasteiger partial charge is 0.306 e. The van der Waals surface area contributed by atoms with Gasteiger partial charge in [0.15, 0.2) is 11.6 Å². The van der Waals surface area contributed by atoms with E-state index in [2.05, 4.69) is 12.2 Å². The lowest BCUT2D eigenvalue weighted by atomic mass is 9.98. The molecule has 0 saturated heterocycles. The Morgan fingerprint density at radius 2 is 1.86 bits per heavy atom. The van der Waals surface area contributed by atoms with Crippen LogP contribution in [0.4, 0.5) is 8.78 Å². The Morgan fingerprint density at radius 3 is 2.52 bits per heavy atom. The number of benzene rings is 2. The van der Waals surface area contributed by atoms with Crippen molar-refractivity contribution in [1.82, 2.24) is 5.32 Å². The summed E-state index contributed by atoms with van der Waals surface area (Å²) < 4.78 is 26.7. The highest BCUT2D eigenvalue weighted by atomic mass is 32.2. The van der Waals surface area contributed by atoms with Crippen LogP contribution in [0.3, 0.4) is 0 Å². The molecule has 0 aromatic heterocycles. The van der Waals surface area contributed by atoms with Gasteiger partial charge in [0.2, 0.25) is 0 Å². The van der Waals surface area contributed by atoms with Gasteiger partial charge in [-0.25, -0.2) is 8.78 Å². The van der Waals surface area contributed by atoms with E-state index in [9.17, 15) is 8.78 Å². The smallest absolute Gasteiger partial charge is 0.159 e. The quantitative estimate of drug-likeness (QED) is 0.771. The van der Waals surface area contributed by atoms with Gasteiger partial charge in [0.1, 0.15) is 0 Å². The number of nitrogens with one attached hydrogen (secondary N) is 1. The van der Waals surface area contributed by atoms with Crippen molar-refractivity contribution in [3.05, 3.63) is 65.2 Å². The molecule has 0 heterocycles. The second-order valence-electron chi connectivity index (χ2n) is 4.80. The van der Waals surface area contributed by atoms with E-state index in [4.69, 9.17) is 0 Å². The number of rotatable bonds is 6. The van der Waals surface area contributed by atoms with E-state index in [0.717, 1.165) is 29.0 Å². The molecule has 0 aliphatic carbocycles. The first kappa shape index (κ1) is 16.0. The van der Waals surface area contributed by atoms with E-state index in [1.807, 2.05) is 30.5 Å². The summed E-state index contributed by atoms with van der Waals surface area (Å²) in [7, 11) is 0. The van der Waals surface area contributed by atoms with Crippen LogP contribution in [0.1, 0.15) is 30.5 Å². The monoisotopic (exact) mass is 307 g/mol. The van der Waals surface area contributed by atoms with Gasteiger partial charge in [-0.2, -0.15) is 0 Å². The zero-order valence-electron chi connectivity index (χ0n) is 12.2. The predicted octanol–water partition coefficient (Wildman–Crippen LogP) is 4.78. The Bertz CT molecular complexity index is 601. The molecule has 1 atom stereocenters. The summed E-state index contributed by atoms with van der Waals surface area (Å²) in [5.41, 5.74) is 1.83. The summed E-state index contributed by atoms with van der Waals surface area (Å²) in [6.07, 6.45) is 2.99. The molecule has 21 heavy (non-hydrogen) atoms. The fraction of sp³-hybridized carbons (Fsp3) is 0.294. The van der Waals surface area contributed by atoms with Crippen LogP contribution >= 0.6 is 11.8 Å². The van der Waals surface area contributed by atoms with Crippen molar-refractivity contribution in [3.63, 3.8) is 0 Å². The number of halogens is 2. The van der Waals surface area contributed by atoms with Crippen molar-refractivity contribution in [3.8, 4) is 0 Å². The minimum atomic E-state index is -0.814. The minimum Gasteiger partial charge on any atom is -0.306 e. The van der Waals surface area contributed by atoms with Gasteiger partial charge in [0.05, 0.1) is 6.04 Å². The van der Waals surface area contributed by atoms with Crippen LogP contribution in [0.25, 0.3) is 0 Å². The summed E-state index contributed by atoms with van der Waals surface area (Å²) in [4.78, 5) is 1.14. The van der Waals surface area contributed by atoms with Gasteiger partial charge in [-0.1, -0.05) is 31.2 Å². The lowest BCUT2D eigenvalue weighted by Gasteiger charge is -2.22. The van der Waals surface area contributed by atoms with Crippen molar-refractivity contribution in [2.24, 2.45) is 0 Å². The van der Waals surface area contributed by atoms with Gasteiger partial charge in [-0.15, -0.1) is 11.8 Å². The molecule has 2 rings (SSSR count). The molecule has 0 bridgehead atoms. The molecule has 2 aromatic rings. The fourth-order valence-corrected chi connectivity index (χ4v) is 2.93. The Hall–Kier alpha value is -1.39. The molecule has 0 amide bonds. The molecule has 0 spiro atoms. The molecule has 0 saturated carbocycles. The molecular weight excluding hydrogens is 288 g/mol. The fourth-order valence-electron chi connectivity index (χ4n) is 2.29. The second-order valence-corrected chi connectivity index (χ2v) is 5.65. The zero-order valence-corrected chi connectivity index (χ0v) is 13.0. The maximum atomic E-state index is 13.6. The minimum absolute atomic E-state index is 0.135. The zero-order chi connectivity index (χ0) is 15.2. The third-order valence-corrected chi connectivity index (χ3v) is 4.14. The summed E-state index contributed by atoms with van der Waals surface area (Å²) in [5.74, 6) is -1.62. The molecule has 1 unspecified atom stereocenters. The van der Waals surface area contributed by atoms with Gasteiger partial charge in [0, 0.05) is 4.90 Å². The summed E-state index contributed by atoms with van der Waals surface area (Å²) in [6, 6.07) is 12.0. The molecule has 1 N–H and O–H groups in total. The van der Waals surface area contributed by atoms with E-state index in [0.29, 0.717) is 0 Å². The highest BCUT2D eigenvalue weighted by molar-refractivity contribution is 7.98. The Labute approximate surface area is 128 Å². The van der Waals surface area contributed by atoms with E-state index in [-0.39, 0.29) is 6.04 Å². The van der Waals surface area contributed by atoms with Gasteiger partial charge in [-0.05, 0) is 48.5 Å². The molecule has 4 heteroatoms. The molecular formula is C17H19F2NS. The van der Waals surface area contributed by atoms with Crippen LogP contribution in [0, 0.1) is 11.6 Å². The first-order valence-corrected chi connectivity index (χ1v) is 8.21. The molecule has 0 aliphatic heterocycles.